The Morgan fingerprint density at radius 1 is 0.727 bits per heavy atom. The summed E-state index contributed by atoms with van der Waals surface area (Å²) in [5, 5.41) is 2.39. The normalized spacial score (nSPS) is 11.1. The van der Waals surface area contributed by atoms with Crippen LogP contribution in [0.5, 0.6) is 0 Å². The minimum atomic E-state index is 0.955. The van der Waals surface area contributed by atoms with Gasteiger partial charge in [-0.2, -0.15) is 0 Å². The van der Waals surface area contributed by atoms with Crippen molar-refractivity contribution in [3.8, 4) is 0 Å². The largest absolute Gasteiger partial charge is 0.256 e. The first kappa shape index (κ1) is 13.3. The SMILES string of the molecule is c1cnc2ccc(CSc3ccc4ncccc4c3)cc2c1. The van der Waals surface area contributed by atoms with Crippen LogP contribution in [0.4, 0.5) is 0 Å². The number of hydrogen-bond acceptors (Lipinski definition) is 3. The lowest BCUT2D eigenvalue weighted by molar-refractivity contribution is 1.36. The summed E-state index contributed by atoms with van der Waals surface area (Å²) in [4.78, 5) is 9.99. The van der Waals surface area contributed by atoms with Crippen molar-refractivity contribution in [2.45, 2.75) is 10.6 Å². The third-order valence-electron chi connectivity index (χ3n) is 3.65. The van der Waals surface area contributed by atoms with Crippen LogP contribution in [0, 0.1) is 0 Å². The summed E-state index contributed by atoms with van der Waals surface area (Å²) < 4.78 is 0. The van der Waals surface area contributed by atoms with Gasteiger partial charge in [-0.05, 0) is 48.0 Å². The highest BCUT2D eigenvalue weighted by Gasteiger charge is 2.01. The molecule has 2 aromatic carbocycles. The summed E-state index contributed by atoms with van der Waals surface area (Å²) in [6.45, 7) is 0. The average Bonchev–Trinajstić information content (AvgIpc) is 2.59. The van der Waals surface area contributed by atoms with Gasteiger partial charge in [0.15, 0.2) is 0 Å². The van der Waals surface area contributed by atoms with Crippen LogP contribution in [0.25, 0.3) is 21.8 Å². The lowest BCUT2D eigenvalue weighted by Gasteiger charge is -2.05. The predicted octanol–water partition coefficient (Wildman–Crippen LogP) is 5.08. The fourth-order valence-corrected chi connectivity index (χ4v) is 3.41. The molecular weight excluding hydrogens is 288 g/mol. The van der Waals surface area contributed by atoms with Gasteiger partial charge in [0.2, 0.25) is 0 Å². The van der Waals surface area contributed by atoms with E-state index in [1.807, 2.05) is 36.3 Å². The number of fused-ring (bicyclic) bond motifs is 2. The van der Waals surface area contributed by atoms with Gasteiger partial charge in [0.05, 0.1) is 11.0 Å². The van der Waals surface area contributed by atoms with E-state index in [-0.39, 0.29) is 0 Å². The number of rotatable bonds is 3. The molecule has 2 heterocycles. The number of hydrogen-bond donors (Lipinski definition) is 0. The molecule has 0 saturated heterocycles. The molecule has 0 unspecified atom stereocenters. The van der Waals surface area contributed by atoms with Crippen molar-refractivity contribution in [3.05, 3.63) is 78.6 Å². The number of nitrogens with zero attached hydrogens (tertiary/aromatic N) is 2. The van der Waals surface area contributed by atoms with Crippen LogP contribution < -0.4 is 0 Å². The quantitative estimate of drug-likeness (QED) is 0.494. The Bertz CT molecular complexity index is 870. The van der Waals surface area contributed by atoms with E-state index in [1.54, 1.807) is 0 Å². The second kappa shape index (κ2) is 5.78. The van der Waals surface area contributed by atoms with E-state index in [0.717, 1.165) is 16.8 Å². The molecule has 2 nitrogen and oxygen atoms in total. The topological polar surface area (TPSA) is 25.8 Å². The first-order chi connectivity index (χ1) is 10.9. The van der Waals surface area contributed by atoms with Crippen molar-refractivity contribution in [3.63, 3.8) is 0 Å². The van der Waals surface area contributed by atoms with Gasteiger partial charge in [-0.1, -0.05) is 18.2 Å². The molecule has 0 aliphatic rings. The van der Waals surface area contributed by atoms with Crippen LogP contribution in [0.1, 0.15) is 5.56 Å². The van der Waals surface area contributed by atoms with Crippen molar-refractivity contribution in [2.24, 2.45) is 0 Å². The lowest BCUT2D eigenvalue weighted by atomic mass is 10.1. The zero-order valence-electron chi connectivity index (χ0n) is 11.9. The smallest absolute Gasteiger partial charge is 0.0702 e. The van der Waals surface area contributed by atoms with Gasteiger partial charge in [-0.25, -0.2) is 0 Å². The first-order valence-electron chi connectivity index (χ1n) is 7.20. The van der Waals surface area contributed by atoms with E-state index < -0.39 is 0 Å². The van der Waals surface area contributed by atoms with Crippen LogP contribution in [-0.2, 0) is 5.75 Å². The second-order valence-electron chi connectivity index (χ2n) is 5.18. The monoisotopic (exact) mass is 302 g/mol. The minimum Gasteiger partial charge on any atom is -0.256 e. The molecule has 0 N–H and O–H groups in total. The molecule has 0 fully saturated rings. The standard InChI is InChI=1S/C19H14N2S/c1-3-15-11-14(5-7-18(15)20-9-1)13-22-17-6-8-19-16(12-17)4-2-10-21-19/h1-12H,13H2. The molecule has 3 heteroatoms. The van der Waals surface area contributed by atoms with Gasteiger partial charge < -0.3 is 0 Å². The molecule has 0 amide bonds. The molecule has 0 aliphatic carbocycles. The molecule has 4 aromatic rings. The van der Waals surface area contributed by atoms with E-state index in [0.29, 0.717) is 0 Å². The molecule has 2 aromatic heterocycles. The van der Waals surface area contributed by atoms with E-state index >= 15 is 0 Å². The summed E-state index contributed by atoms with van der Waals surface area (Å²) in [6, 6.07) is 21.1. The average molecular weight is 302 g/mol. The second-order valence-corrected chi connectivity index (χ2v) is 6.23. The van der Waals surface area contributed by atoms with Gasteiger partial charge >= 0.3 is 0 Å². The molecule has 0 radical (unpaired) electrons. The molecule has 106 valence electrons. The maximum atomic E-state index is 4.36. The molecular formula is C19H14N2S. The molecule has 0 bridgehead atoms. The fourth-order valence-electron chi connectivity index (χ4n) is 2.53. The zero-order chi connectivity index (χ0) is 14.8. The summed E-state index contributed by atoms with van der Waals surface area (Å²) >= 11 is 1.85. The third-order valence-corrected chi connectivity index (χ3v) is 4.71. The van der Waals surface area contributed by atoms with Crippen LogP contribution in [-0.4, -0.2) is 9.97 Å². The zero-order valence-corrected chi connectivity index (χ0v) is 12.8. The summed E-state index contributed by atoms with van der Waals surface area (Å²) in [5.74, 6) is 0.955. The van der Waals surface area contributed by atoms with E-state index in [2.05, 4.69) is 58.5 Å². The summed E-state index contributed by atoms with van der Waals surface area (Å²) in [5.41, 5.74) is 3.41. The Balaban J connectivity index is 1.57. The van der Waals surface area contributed by atoms with Crippen molar-refractivity contribution >= 4 is 33.6 Å². The lowest BCUT2D eigenvalue weighted by Crippen LogP contribution is -1.84. The Morgan fingerprint density at radius 2 is 1.41 bits per heavy atom. The Hall–Kier alpha value is -2.39. The van der Waals surface area contributed by atoms with Gasteiger partial charge in [0, 0.05) is 33.8 Å². The molecule has 0 spiro atoms. The van der Waals surface area contributed by atoms with Gasteiger partial charge in [-0.3, -0.25) is 9.97 Å². The van der Waals surface area contributed by atoms with Gasteiger partial charge in [0.25, 0.3) is 0 Å². The third kappa shape index (κ3) is 2.68. The van der Waals surface area contributed by atoms with Crippen molar-refractivity contribution in [1.29, 1.82) is 0 Å². The van der Waals surface area contributed by atoms with Gasteiger partial charge in [-0.15, -0.1) is 11.8 Å². The molecule has 4 rings (SSSR count). The minimum absolute atomic E-state index is 0.955. The summed E-state index contributed by atoms with van der Waals surface area (Å²) in [7, 11) is 0. The molecule has 0 saturated carbocycles. The summed E-state index contributed by atoms with van der Waals surface area (Å²) in [6.07, 6.45) is 3.66. The van der Waals surface area contributed by atoms with Crippen molar-refractivity contribution < 1.29 is 0 Å². The maximum Gasteiger partial charge on any atom is 0.0702 e. The number of aromatic nitrogens is 2. The van der Waals surface area contributed by atoms with Crippen molar-refractivity contribution in [1.82, 2.24) is 9.97 Å². The van der Waals surface area contributed by atoms with E-state index in [9.17, 15) is 0 Å². The number of benzene rings is 2. The fraction of sp³-hybridized carbons (Fsp3) is 0.0526. The van der Waals surface area contributed by atoms with Crippen molar-refractivity contribution in [2.75, 3.05) is 0 Å². The van der Waals surface area contributed by atoms with E-state index in [1.165, 1.54) is 21.2 Å². The highest BCUT2D eigenvalue weighted by Crippen LogP contribution is 2.26. The Labute approximate surface area is 133 Å². The van der Waals surface area contributed by atoms with E-state index in [4.69, 9.17) is 0 Å². The van der Waals surface area contributed by atoms with Gasteiger partial charge in [0.1, 0.15) is 0 Å². The van der Waals surface area contributed by atoms with Crippen LogP contribution in [0.2, 0.25) is 0 Å². The number of pyridine rings is 2. The molecule has 0 aliphatic heterocycles. The highest BCUT2D eigenvalue weighted by atomic mass is 32.2. The molecule has 22 heavy (non-hydrogen) atoms. The Kier molecular flexibility index (Phi) is 3.49. The Morgan fingerprint density at radius 3 is 2.18 bits per heavy atom. The van der Waals surface area contributed by atoms with Crippen LogP contribution >= 0.6 is 11.8 Å². The number of thioether (sulfide) groups is 1. The maximum absolute atomic E-state index is 4.36. The van der Waals surface area contributed by atoms with Crippen LogP contribution in [0.15, 0.2) is 78.0 Å². The first-order valence-corrected chi connectivity index (χ1v) is 8.18. The predicted molar refractivity (Wildman–Crippen MR) is 93.0 cm³/mol. The highest BCUT2D eigenvalue weighted by molar-refractivity contribution is 7.98. The van der Waals surface area contributed by atoms with Crippen LogP contribution in [0.3, 0.4) is 0 Å². The molecule has 0 atom stereocenters.